The van der Waals surface area contributed by atoms with Crippen molar-refractivity contribution in [1.82, 2.24) is 10.6 Å². The van der Waals surface area contributed by atoms with Crippen LogP contribution in [0.3, 0.4) is 0 Å². The first-order valence-corrected chi connectivity index (χ1v) is 21.6. The molecule has 0 bridgehead atoms. The highest BCUT2D eigenvalue weighted by atomic mass is 31.2. The molecule has 0 fully saturated rings. The van der Waals surface area contributed by atoms with Gasteiger partial charge in [0.25, 0.3) is 31.3 Å². The topological polar surface area (TPSA) is 346 Å². The van der Waals surface area contributed by atoms with Crippen LogP contribution in [0.25, 0.3) is 0 Å². The molecule has 0 aromatic heterocycles. The molecule has 7 atom stereocenters. The second-order valence-electron chi connectivity index (χ2n) is 8.88. The minimum Gasteiger partial charge on any atom is -0.779 e. The molecule has 0 aliphatic rings. The number of aliphatic hydroxyl groups excluding tert-OH is 1. The van der Waals surface area contributed by atoms with Crippen molar-refractivity contribution in [3.8, 4) is 0 Å². The van der Waals surface area contributed by atoms with Gasteiger partial charge >= 0.3 is 0 Å². The minimum atomic E-state index is -5.20. The fourth-order valence-corrected chi connectivity index (χ4v) is 6.33. The monoisotopic (exact) mass is 805 g/mol. The van der Waals surface area contributed by atoms with E-state index in [1.165, 1.54) is 0 Å². The number of nitrogens with one attached hydrogen (secondary N) is 2. The molecule has 3 N–H and O–H groups in total. The number of aliphatic hydroxyl groups is 1. The van der Waals surface area contributed by atoms with Crippen LogP contribution < -0.4 is 35.1 Å². The Morgan fingerprint density at radius 1 is 0.542 bits per heavy atom. The van der Waals surface area contributed by atoms with Crippen molar-refractivity contribution >= 4 is 38.9 Å². The Labute approximate surface area is 277 Å². The van der Waals surface area contributed by atoms with Crippen molar-refractivity contribution in [2.24, 2.45) is 0 Å². The van der Waals surface area contributed by atoms with E-state index in [9.17, 15) is 52.4 Å². The molecule has 0 amide bonds. The highest BCUT2D eigenvalue weighted by Gasteiger charge is 2.23. The Hall–Kier alpha value is 0.390. The van der Waals surface area contributed by atoms with Gasteiger partial charge in [-0.1, -0.05) is 0 Å². The lowest BCUT2D eigenvalue weighted by atomic mass is 10.3. The molecule has 0 saturated carbocycles. The quantitative estimate of drug-likeness (QED) is 0.0340. The van der Waals surface area contributed by atoms with E-state index in [0.717, 1.165) is 6.66 Å². The Morgan fingerprint density at radius 3 is 1.29 bits per heavy atom. The Morgan fingerprint density at radius 2 is 0.896 bits per heavy atom. The zero-order chi connectivity index (χ0) is 36.7. The fraction of sp³-hybridized carbons (Fsp3) is 1.00. The van der Waals surface area contributed by atoms with E-state index in [4.69, 9.17) is 14.0 Å². The maximum absolute atomic E-state index is 12.1. The molecule has 0 aliphatic heterocycles. The van der Waals surface area contributed by atoms with Crippen LogP contribution in [0.1, 0.15) is 12.8 Å². The van der Waals surface area contributed by atoms with E-state index in [1.807, 2.05) is 0 Å². The summed E-state index contributed by atoms with van der Waals surface area (Å²) < 4.78 is 110. The Balaban J connectivity index is 4.64. The SMILES string of the molecule is CNCOCCC(CO)OP(=O)([O-])OCCOP(=O)([O-])OCCOP(=O)([O-])OCC(CCOCNC)OP(=O)([O-])OCCOP(C)(=O)[O-]. The first kappa shape index (κ1) is 48.4. The average molecular weight is 805 g/mol. The van der Waals surface area contributed by atoms with Crippen LogP contribution in [0.4, 0.5) is 0 Å². The summed E-state index contributed by atoms with van der Waals surface area (Å²) in [5.41, 5.74) is 0. The number of hydrogen-bond acceptors (Lipinski definition) is 24. The van der Waals surface area contributed by atoms with Crippen molar-refractivity contribution in [1.29, 1.82) is 0 Å². The van der Waals surface area contributed by atoms with E-state index >= 15 is 0 Å². The predicted octanol–water partition coefficient (Wildman–Crippen LogP) is -2.91. The third kappa shape index (κ3) is 29.0. The summed E-state index contributed by atoms with van der Waals surface area (Å²) in [4.78, 5) is 58.9. The van der Waals surface area contributed by atoms with Gasteiger partial charge in [0.1, 0.15) is 7.60 Å². The second kappa shape index (κ2) is 25.4. The lowest BCUT2D eigenvalue weighted by molar-refractivity contribution is -0.241. The van der Waals surface area contributed by atoms with Crippen molar-refractivity contribution in [2.45, 2.75) is 25.0 Å². The van der Waals surface area contributed by atoms with Crippen LogP contribution in [0.2, 0.25) is 0 Å². The molecule has 48 heavy (non-hydrogen) atoms. The average Bonchev–Trinajstić information content (AvgIpc) is 2.98. The first-order valence-electron chi connectivity index (χ1n) is 13.7. The normalized spacial score (nSPS) is 19.8. The third-order valence-corrected chi connectivity index (χ3v) is 9.39. The summed E-state index contributed by atoms with van der Waals surface area (Å²) in [7, 11) is -21.4. The van der Waals surface area contributed by atoms with Gasteiger partial charge in [0.15, 0.2) is 0 Å². The molecule has 290 valence electrons. The lowest BCUT2D eigenvalue weighted by Crippen LogP contribution is -2.26. The molecular weight excluding hydrogens is 763 g/mol. The van der Waals surface area contributed by atoms with Gasteiger partial charge in [0.2, 0.25) is 0 Å². The molecule has 0 saturated heterocycles. The molecular formula is C19H42N2O22P5-5. The van der Waals surface area contributed by atoms with Crippen LogP contribution >= 0.6 is 38.9 Å². The number of phosphoric acid groups is 4. The number of hydrogen-bond donors (Lipinski definition) is 3. The first-order chi connectivity index (χ1) is 22.3. The maximum atomic E-state index is 12.1. The third-order valence-electron chi connectivity index (χ3n) is 4.66. The second-order valence-corrected chi connectivity index (χ2v) is 16.2. The summed E-state index contributed by atoms with van der Waals surface area (Å²) in [6, 6.07) is 0. The van der Waals surface area contributed by atoms with Gasteiger partial charge in [-0.2, -0.15) is 0 Å². The number of ether oxygens (including phenoxy) is 2. The van der Waals surface area contributed by atoms with Crippen LogP contribution in [0, 0.1) is 0 Å². The molecule has 0 aromatic carbocycles. The smallest absolute Gasteiger partial charge is 0.268 e. The summed E-state index contributed by atoms with van der Waals surface area (Å²) >= 11 is 0. The van der Waals surface area contributed by atoms with Gasteiger partial charge < -0.3 is 84.3 Å². The highest BCUT2D eigenvalue weighted by molar-refractivity contribution is 7.50. The highest BCUT2D eigenvalue weighted by Crippen LogP contribution is 2.44. The number of rotatable bonds is 33. The standard InChI is InChI=1S/C19H47N2O22P5/c1-20-16-33-6-4-18(14-22)42-47(29,30)40-13-12-37-45(25,26)36-10-11-38-46(27,28)41-15-19(5-7-34-17-21-2)43-48(31,32)39-9-8-35-44(3,23)24/h18-22H,4-17H2,1-3H3,(H,23,24)(H,25,26)(H,27,28)(H,29,30)(H,31,32)/p-5. The minimum absolute atomic E-state index is 0.00158. The molecule has 29 heteroatoms. The summed E-state index contributed by atoms with van der Waals surface area (Å²) in [5, 5.41) is 14.6. The van der Waals surface area contributed by atoms with E-state index in [2.05, 4.69) is 46.8 Å². The molecule has 0 spiro atoms. The van der Waals surface area contributed by atoms with Crippen molar-refractivity contribution in [3.63, 3.8) is 0 Å². The van der Waals surface area contributed by atoms with E-state index < -0.39 is 104 Å². The Kier molecular flexibility index (Phi) is 25.6. The van der Waals surface area contributed by atoms with Gasteiger partial charge in [-0.05, 0) is 26.9 Å². The van der Waals surface area contributed by atoms with Gasteiger partial charge in [-0.3, -0.25) is 28.9 Å². The van der Waals surface area contributed by atoms with E-state index in [1.54, 1.807) is 14.1 Å². The van der Waals surface area contributed by atoms with Crippen LogP contribution in [0.5, 0.6) is 0 Å². The number of phosphoric ester groups is 4. The zero-order valence-corrected chi connectivity index (χ0v) is 30.8. The van der Waals surface area contributed by atoms with Crippen LogP contribution in [0.15, 0.2) is 0 Å². The fourth-order valence-electron chi connectivity index (χ4n) is 2.75. The van der Waals surface area contributed by atoms with Crippen molar-refractivity contribution in [2.75, 3.05) is 100 Å². The summed E-state index contributed by atoms with van der Waals surface area (Å²) in [6.07, 6.45) is -2.91. The van der Waals surface area contributed by atoms with Crippen molar-refractivity contribution < 1.29 is 103 Å². The molecule has 24 nitrogen and oxygen atoms in total. The Bertz CT molecular complexity index is 1100. The predicted molar refractivity (Wildman–Crippen MR) is 151 cm³/mol. The van der Waals surface area contributed by atoms with Gasteiger partial charge in [-0.15, -0.1) is 0 Å². The van der Waals surface area contributed by atoms with E-state index in [0.29, 0.717) is 0 Å². The lowest BCUT2D eigenvalue weighted by Gasteiger charge is -2.30. The largest absolute Gasteiger partial charge is 0.779 e. The van der Waals surface area contributed by atoms with Crippen molar-refractivity contribution in [3.05, 3.63) is 0 Å². The van der Waals surface area contributed by atoms with Crippen LogP contribution in [-0.4, -0.2) is 118 Å². The van der Waals surface area contributed by atoms with E-state index in [-0.39, 0.29) is 39.5 Å². The molecule has 0 heterocycles. The maximum Gasteiger partial charge on any atom is 0.268 e. The summed E-state index contributed by atoms with van der Waals surface area (Å²) in [6.45, 7) is -5.58. The van der Waals surface area contributed by atoms with Gasteiger partial charge in [0.05, 0.1) is 91.7 Å². The molecule has 0 aromatic rings. The molecule has 0 radical (unpaired) electrons. The molecule has 0 aliphatic carbocycles. The molecule has 7 unspecified atom stereocenters. The van der Waals surface area contributed by atoms with Gasteiger partial charge in [-0.25, -0.2) is 0 Å². The molecule has 0 rings (SSSR count). The summed E-state index contributed by atoms with van der Waals surface area (Å²) in [5.74, 6) is 0. The van der Waals surface area contributed by atoms with Crippen LogP contribution in [-0.2, 0) is 73.0 Å². The van der Waals surface area contributed by atoms with Gasteiger partial charge in [0, 0.05) is 6.66 Å². The zero-order valence-electron chi connectivity index (χ0n) is 26.3.